The lowest BCUT2D eigenvalue weighted by Crippen LogP contribution is -2.34. The summed E-state index contributed by atoms with van der Waals surface area (Å²) in [6.07, 6.45) is 6.82. The first-order chi connectivity index (χ1) is 11.2. The van der Waals surface area contributed by atoms with Crippen molar-refractivity contribution in [3.05, 3.63) is 39.7 Å². The third-order valence-electron chi connectivity index (χ3n) is 5.10. The van der Waals surface area contributed by atoms with Gasteiger partial charge in [-0.2, -0.15) is 0 Å². The summed E-state index contributed by atoms with van der Waals surface area (Å²) >= 11 is 1.80. The summed E-state index contributed by atoms with van der Waals surface area (Å²) in [6.45, 7) is 2.15. The van der Waals surface area contributed by atoms with Gasteiger partial charge in [-0.15, -0.1) is 11.3 Å². The fourth-order valence-electron chi connectivity index (χ4n) is 3.67. The van der Waals surface area contributed by atoms with Gasteiger partial charge in [0.05, 0.1) is 27.9 Å². The molecule has 0 N–H and O–H groups in total. The summed E-state index contributed by atoms with van der Waals surface area (Å²) in [5, 5.41) is 1.20. The van der Waals surface area contributed by atoms with Gasteiger partial charge in [0.2, 0.25) is 5.91 Å². The Hall–Kier alpha value is -1.62. The van der Waals surface area contributed by atoms with Crippen LogP contribution in [0.25, 0.3) is 0 Å². The molecule has 122 valence electrons. The molecule has 0 aromatic carbocycles. The summed E-state index contributed by atoms with van der Waals surface area (Å²) < 4.78 is 5.46. The van der Waals surface area contributed by atoms with Gasteiger partial charge in [-0.25, -0.2) is 4.98 Å². The summed E-state index contributed by atoms with van der Waals surface area (Å²) in [6, 6.07) is 4.09. The fourth-order valence-corrected chi connectivity index (χ4v) is 4.90. The third-order valence-corrected chi connectivity index (χ3v) is 6.44. The van der Waals surface area contributed by atoms with E-state index in [1.54, 1.807) is 17.6 Å². The number of hydrogen-bond acceptors (Lipinski definition) is 4. The molecule has 1 fully saturated rings. The molecule has 4 nitrogen and oxygen atoms in total. The Morgan fingerprint density at radius 2 is 2.39 bits per heavy atom. The van der Waals surface area contributed by atoms with Crippen LogP contribution >= 0.6 is 11.3 Å². The largest absolute Gasteiger partial charge is 0.469 e. The molecule has 0 bridgehead atoms. The van der Waals surface area contributed by atoms with E-state index in [-0.39, 0.29) is 23.8 Å². The minimum Gasteiger partial charge on any atom is -0.469 e. The van der Waals surface area contributed by atoms with Gasteiger partial charge in [-0.3, -0.25) is 4.79 Å². The first-order valence-electron chi connectivity index (χ1n) is 8.47. The number of carbonyl (C=O) groups excluding carboxylic acids is 1. The van der Waals surface area contributed by atoms with Crippen LogP contribution in [0.5, 0.6) is 0 Å². The molecule has 3 atom stereocenters. The Kier molecular flexibility index (Phi) is 3.76. The topological polar surface area (TPSA) is 46.3 Å². The van der Waals surface area contributed by atoms with Gasteiger partial charge in [0.1, 0.15) is 5.76 Å². The Bertz CT molecular complexity index is 707. The molecule has 2 aromatic heterocycles. The summed E-state index contributed by atoms with van der Waals surface area (Å²) in [5.41, 5.74) is 1.22. The number of thiazole rings is 1. The SMILES string of the molecule is CCc1nc2c(s1)[C@H](N(C)C(=O)[C@@H]1C[C@@H]1c1ccco1)CCC2. The lowest BCUT2D eigenvalue weighted by molar-refractivity contribution is -0.133. The Labute approximate surface area is 140 Å². The molecular weight excluding hydrogens is 308 g/mol. The zero-order chi connectivity index (χ0) is 16.0. The molecule has 0 radical (unpaired) electrons. The predicted molar refractivity (Wildman–Crippen MR) is 89.5 cm³/mol. The highest BCUT2D eigenvalue weighted by Gasteiger charge is 2.48. The van der Waals surface area contributed by atoms with Crippen molar-refractivity contribution in [3.63, 3.8) is 0 Å². The standard InChI is InChI=1S/C18H22N2O2S/c1-3-16-19-13-6-4-7-14(17(13)23-16)20(2)18(21)12-10-11(12)15-8-5-9-22-15/h5,8-9,11-12,14H,3-4,6-7,10H2,1-2H3/t11-,12+,14+/m0/s1. The number of carbonyl (C=O) groups is 1. The van der Waals surface area contributed by atoms with Crippen LogP contribution in [0.2, 0.25) is 0 Å². The Morgan fingerprint density at radius 1 is 1.52 bits per heavy atom. The second kappa shape index (κ2) is 5.78. The van der Waals surface area contributed by atoms with Crippen LogP contribution in [-0.2, 0) is 17.6 Å². The minimum atomic E-state index is 0.0927. The van der Waals surface area contributed by atoms with Crippen LogP contribution in [0, 0.1) is 5.92 Å². The number of aromatic nitrogens is 1. The molecule has 0 unspecified atom stereocenters. The number of amides is 1. The normalized spacial score (nSPS) is 25.9. The molecular formula is C18H22N2O2S. The van der Waals surface area contributed by atoms with Crippen LogP contribution in [0.15, 0.2) is 22.8 Å². The molecule has 0 aliphatic heterocycles. The minimum absolute atomic E-state index is 0.0927. The fraction of sp³-hybridized carbons (Fsp3) is 0.556. The molecule has 4 rings (SSSR count). The highest BCUT2D eigenvalue weighted by Crippen LogP contribution is 2.50. The number of nitrogens with zero attached hydrogens (tertiary/aromatic N) is 2. The molecule has 1 saturated carbocycles. The van der Waals surface area contributed by atoms with Crippen LogP contribution in [-0.4, -0.2) is 22.8 Å². The zero-order valence-electron chi connectivity index (χ0n) is 13.6. The zero-order valence-corrected chi connectivity index (χ0v) is 14.4. The van der Waals surface area contributed by atoms with E-state index >= 15 is 0 Å². The number of hydrogen-bond donors (Lipinski definition) is 0. The summed E-state index contributed by atoms with van der Waals surface area (Å²) in [5.74, 6) is 1.58. The molecule has 5 heteroatoms. The van der Waals surface area contributed by atoms with E-state index < -0.39 is 0 Å². The van der Waals surface area contributed by atoms with E-state index in [1.807, 2.05) is 24.1 Å². The second-order valence-electron chi connectivity index (χ2n) is 6.59. The van der Waals surface area contributed by atoms with Gasteiger partial charge in [-0.05, 0) is 44.2 Å². The number of fused-ring (bicyclic) bond motifs is 1. The highest BCUT2D eigenvalue weighted by atomic mass is 32.1. The molecule has 2 aliphatic carbocycles. The van der Waals surface area contributed by atoms with E-state index in [1.165, 1.54) is 15.6 Å². The van der Waals surface area contributed by atoms with E-state index in [4.69, 9.17) is 9.40 Å². The average Bonchev–Trinajstić information content (AvgIpc) is 3.01. The van der Waals surface area contributed by atoms with Crippen molar-refractivity contribution in [2.24, 2.45) is 5.92 Å². The van der Waals surface area contributed by atoms with Gasteiger partial charge < -0.3 is 9.32 Å². The molecule has 1 amide bonds. The monoisotopic (exact) mass is 330 g/mol. The van der Waals surface area contributed by atoms with Crippen molar-refractivity contribution in [1.82, 2.24) is 9.88 Å². The molecule has 0 spiro atoms. The first kappa shape index (κ1) is 14.9. The van der Waals surface area contributed by atoms with Crippen molar-refractivity contribution in [1.29, 1.82) is 0 Å². The highest BCUT2D eigenvalue weighted by molar-refractivity contribution is 7.11. The number of rotatable bonds is 4. The molecule has 2 heterocycles. The van der Waals surface area contributed by atoms with Gasteiger partial charge in [0.15, 0.2) is 0 Å². The predicted octanol–water partition coefficient (Wildman–Crippen LogP) is 3.94. The van der Waals surface area contributed by atoms with Gasteiger partial charge in [-0.1, -0.05) is 6.92 Å². The lowest BCUT2D eigenvalue weighted by atomic mass is 9.96. The maximum atomic E-state index is 12.9. The van der Waals surface area contributed by atoms with Crippen molar-refractivity contribution in [2.75, 3.05) is 7.05 Å². The van der Waals surface area contributed by atoms with Crippen molar-refractivity contribution >= 4 is 17.2 Å². The van der Waals surface area contributed by atoms with E-state index in [2.05, 4.69) is 6.92 Å². The lowest BCUT2D eigenvalue weighted by Gasteiger charge is -2.31. The summed E-state index contributed by atoms with van der Waals surface area (Å²) in [4.78, 5) is 20.9. The van der Waals surface area contributed by atoms with Crippen molar-refractivity contribution in [2.45, 2.75) is 51.0 Å². The Balaban J connectivity index is 1.51. The maximum absolute atomic E-state index is 12.9. The summed E-state index contributed by atoms with van der Waals surface area (Å²) in [7, 11) is 1.96. The second-order valence-corrected chi connectivity index (χ2v) is 7.71. The van der Waals surface area contributed by atoms with Crippen LogP contribution in [0.3, 0.4) is 0 Å². The van der Waals surface area contributed by atoms with Gasteiger partial charge in [0, 0.05) is 18.9 Å². The molecule has 2 aromatic rings. The molecule has 23 heavy (non-hydrogen) atoms. The van der Waals surface area contributed by atoms with Crippen molar-refractivity contribution < 1.29 is 9.21 Å². The van der Waals surface area contributed by atoms with E-state index in [9.17, 15) is 4.79 Å². The van der Waals surface area contributed by atoms with Crippen LogP contribution in [0.4, 0.5) is 0 Å². The molecule has 2 aliphatic rings. The maximum Gasteiger partial charge on any atom is 0.226 e. The van der Waals surface area contributed by atoms with Crippen LogP contribution < -0.4 is 0 Å². The van der Waals surface area contributed by atoms with Gasteiger partial charge >= 0.3 is 0 Å². The smallest absolute Gasteiger partial charge is 0.226 e. The number of furan rings is 1. The quantitative estimate of drug-likeness (QED) is 0.853. The van der Waals surface area contributed by atoms with E-state index in [0.717, 1.165) is 37.9 Å². The van der Waals surface area contributed by atoms with Gasteiger partial charge in [0.25, 0.3) is 0 Å². The van der Waals surface area contributed by atoms with Crippen molar-refractivity contribution in [3.8, 4) is 0 Å². The number of aryl methyl sites for hydroxylation is 2. The Morgan fingerprint density at radius 3 is 3.13 bits per heavy atom. The average molecular weight is 330 g/mol. The third kappa shape index (κ3) is 2.61. The van der Waals surface area contributed by atoms with Crippen LogP contribution in [0.1, 0.15) is 59.5 Å². The first-order valence-corrected chi connectivity index (χ1v) is 9.29. The molecule has 0 saturated heterocycles. The van der Waals surface area contributed by atoms with E-state index in [0.29, 0.717) is 0 Å².